The Hall–Kier alpha value is -2.98. The average Bonchev–Trinajstić information content (AvgIpc) is 3.04. The van der Waals surface area contributed by atoms with Crippen LogP contribution in [0.3, 0.4) is 0 Å². The summed E-state index contributed by atoms with van der Waals surface area (Å²) in [5.41, 5.74) is 0. The highest BCUT2D eigenvalue weighted by Crippen LogP contribution is 2.17. The van der Waals surface area contributed by atoms with Crippen molar-refractivity contribution in [2.75, 3.05) is 67.5 Å². The Morgan fingerprint density at radius 3 is 1.55 bits per heavy atom. The van der Waals surface area contributed by atoms with E-state index in [9.17, 15) is 33.9 Å². The van der Waals surface area contributed by atoms with Gasteiger partial charge < -0.3 is 47.4 Å². The minimum absolute atomic E-state index is 0. The monoisotopic (exact) mass is 706 g/mol. The predicted molar refractivity (Wildman–Crippen MR) is 195 cm³/mol. The molecule has 0 aliphatic heterocycles. The summed E-state index contributed by atoms with van der Waals surface area (Å²) >= 11 is 0. The van der Waals surface area contributed by atoms with Gasteiger partial charge in [-0.3, -0.25) is 28.8 Å². The highest BCUT2D eigenvalue weighted by molar-refractivity contribution is 5.93. The molecular weight excluding hydrogens is 634 g/mol. The standard InChI is InChI=1S/C31H59N7O8.3CH4/c1-32-14-8-6-12-25(34-3)27(41)18-22(11-5-10-16-36-31(46)26(35-4)13-7-9-15-33-2)29(44)37-19-24(40)17-23(21-39)30(45)38-20-28(42)43;;;/h22-23,25-26,32-35,39H,5-21H2,1-4H3,(H,36,46)(H,37,44)(H,38,45)(H,42,43);3*1H4. The van der Waals surface area contributed by atoms with Crippen molar-refractivity contribution < 1.29 is 39.0 Å². The van der Waals surface area contributed by atoms with Gasteiger partial charge in [0.2, 0.25) is 17.7 Å². The molecule has 0 aliphatic rings. The summed E-state index contributed by atoms with van der Waals surface area (Å²) < 4.78 is 0. The molecule has 4 unspecified atom stereocenters. The number of amides is 3. The third-order valence-electron chi connectivity index (χ3n) is 7.78. The number of aliphatic carboxylic acids is 1. The van der Waals surface area contributed by atoms with E-state index in [4.69, 9.17) is 5.11 Å². The summed E-state index contributed by atoms with van der Waals surface area (Å²) in [6.45, 7) is 0.445. The number of ketones is 2. The Kier molecular flexibility index (Phi) is 36.1. The third-order valence-corrected chi connectivity index (χ3v) is 7.78. The maximum absolute atomic E-state index is 13.2. The number of aliphatic hydroxyl groups is 1. The Morgan fingerprint density at radius 1 is 0.551 bits per heavy atom. The fourth-order valence-electron chi connectivity index (χ4n) is 4.96. The van der Waals surface area contributed by atoms with Crippen molar-refractivity contribution in [2.45, 2.75) is 105 Å². The molecule has 0 bridgehead atoms. The Labute approximate surface area is 295 Å². The SMILES string of the molecule is C.C.C.CNCCCCC(NC)C(=O)CC(CCCCNC(=O)C(CCCCNC)NC)C(=O)NCC(=O)CC(CO)C(=O)NCC(=O)O. The van der Waals surface area contributed by atoms with Crippen LogP contribution in [0.25, 0.3) is 0 Å². The lowest BCUT2D eigenvalue weighted by Gasteiger charge is -2.21. The number of unbranched alkanes of at least 4 members (excludes halogenated alkanes) is 3. The minimum Gasteiger partial charge on any atom is -0.480 e. The molecule has 0 aromatic carbocycles. The van der Waals surface area contributed by atoms with Gasteiger partial charge in [-0.1, -0.05) is 41.5 Å². The van der Waals surface area contributed by atoms with Gasteiger partial charge in [-0.25, -0.2) is 0 Å². The summed E-state index contributed by atoms with van der Waals surface area (Å²) in [5, 5.41) is 38.1. The van der Waals surface area contributed by atoms with Crippen LogP contribution in [0.1, 0.15) is 92.9 Å². The fraction of sp³-hybridized carbons (Fsp3) is 0.824. The molecule has 0 aromatic heterocycles. The maximum Gasteiger partial charge on any atom is 0.322 e. The topological polar surface area (TPSA) is 227 Å². The van der Waals surface area contributed by atoms with Crippen LogP contribution in [0, 0.1) is 11.8 Å². The number of carbonyl (C=O) groups is 6. The van der Waals surface area contributed by atoms with Crippen LogP contribution in [0.5, 0.6) is 0 Å². The summed E-state index contributed by atoms with van der Waals surface area (Å²) in [5.74, 6) is -5.05. The normalized spacial score (nSPS) is 12.8. The predicted octanol–water partition coefficient (Wildman–Crippen LogP) is 0.597. The molecule has 290 valence electrons. The Morgan fingerprint density at radius 2 is 1.04 bits per heavy atom. The molecule has 4 atom stereocenters. The van der Waals surface area contributed by atoms with E-state index in [0.717, 1.165) is 45.2 Å². The van der Waals surface area contributed by atoms with Gasteiger partial charge in [0.05, 0.1) is 31.2 Å². The lowest BCUT2D eigenvalue weighted by atomic mass is 9.91. The van der Waals surface area contributed by atoms with Crippen molar-refractivity contribution in [3.63, 3.8) is 0 Å². The zero-order valence-electron chi connectivity index (χ0n) is 28.2. The summed E-state index contributed by atoms with van der Waals surface area (Å²) in [7, 11) is 7.22. The first-order valence-corrected chi connectivity index (χ1v) is 16.4. The van der Waals surface area contributed by atoms with Gasteiger partial charge in [0.15, 0.2) is 11.6 Å². The second-order valence-electron chi connectivity index (χ2n) is 11.5. The molecule has 0 spiro atoms. The fourth-order valence-corrected chi connectivity index (χ4v) is 4.96. The molecule has 0 heterocycles. The molecule has 0 saturated carbocycles. The van der Waals surface area contributed by atoms with E-state index in [1.807, 2.05) is 14.1 Å². The van der Waals surface area contributed by atoms with Crippen LogP contribution in [0.4, 0.5) is 0 Å². The zero-order valence-corrected chi connectivity index (χ0v) is 28.2. The molecule has 3 amide bonds. The number of likely N-dealkylation sites (N-methyl/N-ethyl adjacent to an activating group) is 2. The zero-order chi connectivity index (χ0) is 34.7. The van der Waals surface area contributed by atoms with Crippen LogP contribution in [-0.2, 0) is 28.8 Å². The summed E-state index contributed by atoms with van der Waals surface area (Å²) in [6.07, 6.45) is 6.11. The van der Waals surface area contributed by atoms with Gasteiger partial charge in [-0.05, 0) is 79.8 Å². The van der Waals surface area contributed by atoms with Crippen LogP contribution in [0.15, 0.2) is 0 Å². The van der Waals surface area contributed by atoms with Crippen molar-refractivity contribution >= 4 is 35.3 Å². The molecule has 9 N–H and O–H groups in total. The molecule has 15 nitrogen and oxygen atoms in total. The van der Waals surface area contributed by atoms with Crippen LogP contribution < -0.4 is 37.2 Å². The van der Waals surface area contributed by atoms with Gasteiger partial charge in [-0.15, -0.1) is 0 Å². The second kappa shape index (κ2) is 33.5. The number of hydrogen-bond acceptors (Lipinski definition) is 11. The van der Waals surface area contributed by atoms with E-state index in [2.05, 4.69) is 37.2 Å². The molecule has 0 rings (SSSR count). The average molecular weight is 706 g/mol. The van der Waals surface area contributed by atoms with Crippen molar-refractivity contribution in [1.29, 1.82) is 0 Å². The van der Waals surface area contributed by atoms with E-state index in [1.54, 1.807) is 14.1 Å². The lowest BCUT2D eigenvalue weighted by molar-refractivity contribution is -0.139. The van der Waals surface area contributed by atoms with E-state index >= 15 is 0 Å². The first-order chi connectivity index (χ1) is 22.0. The van der Waals surface area contributed by atoms with E-state index in [0.29, 0.717) is 32.2 Å². The van der Waals surface area contributed by atoms with Crippen molar-refractivity contribution in [2.24, 2.45) is 11.8 Å². The van der Waals surface area contributed by atoms with Crippen molar-refractivity contribution in [1.82, 2.24) is 37.2 Å². The number of rotatable bonds is 30. The molecule has 49 heavy (non-hydrogen) atoms. The molecule has 15 heteroatoms. The Bertz CT molecular complexity index is 923. The molecular formula is C34H71N7O8. The first kappa shape index (κ1) is 52.8. The number of aliphatic hydroxyl groups excluding tert-OH is 1. The number of Topliss-reactive ketones (excluding diaryl/α,β-unsaturated/α-hetero) is 2. The second-order valence-corrected chi connectivity index (χ2v) is 11.5. The molecule has 0 aromatic rings. The van der Waals surface area contributed by atoms with Crippen LogP contribution in [-0.4, -0.2) is 125 Å². The smallest absolute Gasteiger partial charge is 0.322 e. The van der Waals surface area contributed by atoms with Crippen molar-refractivity contribution in [3.05, 3.63) is 0 Å². The number of carbonyl (C=O) groups excluding carboxylic acids is 5. The van der Waals surface area contributed by atoms with Crippen LogP contribution in [0.2, 0.25) is 0 Å². The minimum atomic E-state index is -1.26. The third kappa shape index (κ3) is 25.6. The first-order valence-electron chi connectivity index (χ1n) is 16.4. The van der Waals surface area contributed by atoms with Crippen LogP contribution >= 0.6 is 0 Å². The Balaban J connectivity index is -0.00000337. The van der Waals surface area contributed by atoms with E-state index in [-0.39, 0.29) is 52.9 Å². The van der Waals surface area contributed by atoms with Gasteiger partial charge in [0.1, 0.15) is 6.54 Å². The molecule has 0 fully saturated rings. The number of carboxylic acid groups (broad SMARTS) is 1. The van der Waals surface area contributed by atoms with E-state index < -0.39 is 61.1 Å². The summed E-state index contributed by atoms with van der Waals surface area (Å²) in [4.78, 5) is 74.2. The van der Waals surface area contributed by atoms with Gasteiger partial charge in [-0.2, -0.15) is 0 Å². The number of carboxylic acids is 1. The number of hydrogen-bond donors (Lipinski definition) is 9. The maximum atomic E-state index is 13.2. The van der Waals surface area contributed by atoms with E-state index in [1.165, 1.54) is 0 Å². The largest absolute Gasteiger partial charge is 0.480 e. The van der Waals surface area contributed by atoms with Crippen molar-refractivity contribution in [3.8, 4) is 0 Å². The van der Waals surface area contributed by atoms with Gasteiger partial charge in [0, 0.05) is 25.3 Å². The van der Waals surface area contributed by atoms with Gasteiger partial charge in [0.25, 0.3) is 0 Å². The van der Waals surface area contributed by atoms with Gasteiger partial charge >= 0.3 is 5.97 Å². The molecule has 0 aliphatic carbocycles. The molecule has 0 radical (unpaired) electrons. The lowest BCUT2D eigenvalue weighted by Crippen LogP contribution is -2.43. The number of nitrogens with one attached hydrogen (secondary N) is 7. The highest BCUT2D eigenvalue weighted by atomic mass is 16.4. The quantitative estimate of drug-likeness (QED) is 0.0469. The summed E-state index contributed by atoms with van der Waals surface area (Å²) in [6, 6.07) is -0.694. The molecule has 0 saturated heterocycles. The highest BCUT2D eigenvalue weighted by Gasteiger charge is 2.27.